The van der Waals surface area contributed by atoms with Crippen LogP contribution in [0, 0.1) is 12.8 Å². The van der Waals surface area contributed by atoms with E-state index in [0.29, 0.717) is 17.9 Å². The van der Waals surface area contributed by atoms with E-state index in [1.54, 1.807) is 14.2 Å². The summed E-state index contributed by atoms with van der Waals surface area (Å²) >= 11 is 0. The van der Waals surface area contributed by atoms with Gasteiger partial charge in [0, 0.05) is 31.6 Å². The quantitative estimate of drug-likeness (QED) is 0.784. The van der Waals surface area contributed by atoms with Crippen molar-refractivity contribution in [2.24, 2.45) is 5.92 Å². The lowest BCUT2D eigenvalue weighted by molar-refractivity contribution is 0.137. The van der Waals surface area contributed by atoms with Crippen LogP contribution in [0.25, 0.3) is 0 Å². The molecular formula is C24H33N3O2. The second kappa shape index (κ2) is 9.16. The molecule has 0 aliphatic carbocycles. The Hall–Kier alpha value is -2.08. The first-order valence-corrected chi connectivity index (χ1v) is 10.7. The van der Waals surface area contributed by atoms with E-state index in [2.05, 4.69) is 46.9 Å². The molecule has 5 nitrogen and oxygen atoms in total. The number of aryl methyl sites for hydroxylation is 1. The Morgan fingerprint density at radius 1 is 1.03 bits per heavy atom. The molecule has 2 aliphatic rings. The summed E-state index contributed by atoms with van der Waals surface area (Å²) in [4.78, 5) is 2.56. The van der Waals surface area contributed by atoms with E-state index in [4.69, 9.17) is 9.47 Å². The van der Waals surface area contributed by atoms with Crippen LogP contribution in [0.5, 0.6) is 11.5 Å². The number of hydrogen-bond acceptors (Lipinski definition) is 5. The summed E-state index contributed by atoms with van der Waals surface area (Å²) in [5.74, 6) is 2.95. The molecule has 2 N–H and O–H groups in total. The fourth-order valence-corrected chi connectivity index (χ4v) is 4.93. The van der Waals surface area contributed by atoms with Crippen LogP contribution in [0.4, 0.5) is 0 Å². The van der Waals surface area contributed by atoms with Crippen LogP contribution in [0.3, 0.4) is 0 Å². The van der Waals surface area contributed by atoms with Crippen LogP contribution in [0.2, 0.25) is 0 Å². The van der Waals surface area contributed by atoms with Crippen LogP contribution >= 0.6 is 0 Å². The lowest BCUT2D eigenvalue weighted by atomic mass is 9.81. The van der Waals surface area contributed by atoms with Gasteiger partial charge in [-0.15, -0.1) is 0 Å². The lowest BCUT2D eigenvalue weighted by Crippen LogP contribution is -2.46. The number of ether oxygens (including phenoxy) is 2. The van der Waals surface area contributed by atoms with Crippen molar-refractivity contribution in [1.82, 2.24) is 15.8 Å². The van der Waals surface area contributed by atoms with E-state index in [1.807, 2.05) is 18.2 Å². The first kappa shape index (κ1) is 20.2. The number of nitrogens with zero attached hydrogens (tertiary/aromatic N) is 1. The highest BCUT2D eigenvalue weighted by molar-refractivity contribution is 5.44. The highest BCUT2D eigenvalue weighted by Gasteiger charge is 2.36. The Bertz CT molecular complexity index is 786. The first-order chi connectivity index (χ1) is 14.2. The number of piperidine rings is 1. The fraction of sp³-hybridized carbons (Fsp3) is 0.500. The SMILES string of the molecule is COc1cccc(OC)c1CN1CCCC(C2NNCC2c2ccc(C)cc2)C1. The molecule has 29 heavy (non-hydrogen) atoms. The molecule has 0 radical (unpaired) electrons. The van der Waals surface area contributed by atoms with Crippen molar-refractivity contribution < 1.29 is 9.47 Å². The third-order valence-electron chi connectivity index (χ3n) is 6.49. The zero-order valence-electron chi connectivity index (χ0n) is 17.8. The molecule has 3 unspecified atom stereocenters. The number of hydrazine groups is 1. The molecule has 2 heterocycles. The van der Waals surface area contributed by atoms with Crippen LogP contribution < -0.4 is 20.3 Å². The molecular weight excluding hydrogens is 362 g/mol. The van der Waals surface area contributed by atoms with Gasteiger partial charge in [-0.05, 0) is 49.9 Å². The van der Waals surface area contributed by atoms with Crippen LogP contribution in [0.15, 0.2) is 42.5 Å². The van der Waals surface area contributed by atoms with Gasteiger partial charge in [0.05, 0.1) is 19.8 Å². The van der Waals surface area contributed by atoms with Crippen molar-refractivity contribution in [1.29, 1.82) is 0 Å². The summed E-state index contributed by atoms with van der Waals surface area (Å²) in [6, 6.07) is 15.5. The number of methoxy groups -OCH3 is 2. The lowest BCUT2D eigenvalue weighted by Gasteiger charge is -2.37. The monoisotopic (exact) mass is 395 g/mol. The minimum Gasteiger partial charge on any atom is -0.496 e. The molecule has 0 saturated carbocycles. The maximum absolute atomic E-state index is 5.61. The van der Waals surface area contributed by atoms with Gasteiger partial charge in [0.1, 0.15) is 11.5 Å². The van der Waals surface area contributed by atoms with Gasteiger partial charge >= 0.3 is 0 Å². The van der Waals surface area contributed by atoms with Crippen LogP contribution in [-0.4, -0.2) is 44.8 Å². The van der Waals surface area contributed by atoms with Crippen molar-refractivity contribution in [3.05, 3.63) is 59.2 Å². The maximum atomic E-state index is 5.61. The molecule has 0 amide bonds. The molecule has 156 valence electrons. The topological polar surface area (TPSA) is 45.8 Å². The Morgan fingerprint density at radius 3 is 2.45 bits per heavy atom. The Morgan fingerprint density at radius 2 is 1.76 bits per heavy atom. The van der Waals surface area contributed by atoms with E-state index in [1.165, 1.54) is 24.0 Å². The van der Waals surface area contributed by atoms with Crippen molar-refractivity contribution >= 4 is 0 Å². The summed E-state index contributed by atoms with van der Waals surface area (Å²) in [7, 11) is 3.47. The molecule has 2 aromatic rings. The number of benzene rings is 2. The van der Waals surface area contributed by atoms with Gasteiger partial charge in [-0.2, -0.15) is 0 Å². The zero-order valence-corrected chi connectivity index (χ0v) is 17.8. The number of hydrogen-bond donors (Lipinski definition) is 2. The summed E-state index contributed by atoms with van der Waals surface area (Å²) < 4.78 is 11.2. The molecule has 4 rings (SSSR count). The molecule has 2 aromatic carbocycles. The predicted molar refractivity (Wildman–Crippen MR) is 116 cm³/mol. The first-order valence-electron chi connectivity index (χ1n) is 10.7. The zero-order chi connectivity index (χ0) is 20.2. The highest BCUT2D eigenvalue weighted by Crippen LogP contribution is 2.34. The summed E-state index contributed by atoms with van der Waals surface area (Å²) in [5, 5.41) is 0. The van der Waals surface area contributed by atoms with Gasteiger partial charge in [0.25, 0.3) is 0 Å². The third kappa shape index (κ3) is 4.42. The molecule has 2 aliphatic heterocycles. The van der Waals surface area contributed by atoms with E-state index in [9.17, 15) is 0 Å². The summed E-state index contributed by atoms with van der Waals surface area (Å²) in [5.41, 5.74) is 10.9. The van der Waals surface area contributed by atoms with Crippen molar-refractivity contribution in [3.8, 4) is 11.5 Å². The van der Waals surface area contributed by atoms with Crippen LogP contribution in [0.1, 0.15) is 35.4 Å². The average molecular weight is 396 g/mol. The minimum absolute atomic E-state index is 0.458. The number of rotatable bonds is 6. The molecule has 2 fully saturated rings. The second-order valence-electron chi connectivity index (χ2n) is 8.35. The standard InChI is InChI=1S/C24H33N3O2/c1-17-9-11-18(12-10-17)20-14-25-26-24(20)19-6-5-13-27(15-19)16-21-22(28-2)7-4-8-23(21)29-3/h4,7-12,19-20,24-26H,5-6,13-16H2,1-3H3. The molecule has 0 bridgehead atoms. The largest absolute Gasteiger partial charge is 0.496 e. The van der Waals surface area contributed by atoms with E-state index in [-0.39, 0.29) is 0 Å². The van der Waals surface area contributed by atoms with Crippen LogP contribution in [-0.2, 0) is 6.54 Å². The van der Waals surface area contributed by atoms with Gasteiger partial charge in [0.15, 0.2) is 0 Å². The van der Waals surface area contributed by atoms with Crippen molar-refractivity contribution in [3.63, 3.8) is 0 Å². The predicted octanol–water partition coefficient (Wildman–Crippen LogP) is 3.48. The van der Waals surface area contributed by atoms with E-state index >= 15 is 0 Å². The average Bonchev–Trinajstić information content (AvgIpc) is 3.24. The van der Waals surface area contributed by atoms with E-state index < -0.39 is 0 Å². The molecule has 0 spiro atoms. The second-order valence-corrected chi connectivity index (χ2v) is 8.35. The third-order valence-corrected chi connectivity index (χ3v) is 6.49. The van der Waals surface area contributed by atoms with E-state index in [0.717, 1.165) is 43.2 Å². The number of likely N-dealkylation sites (tertiary alicyclic amines) is 1. The molecule has 2 saturated heterocycles. The Labute approximate surface area is 174 Å². The molecule has 5 heteroatoms. The van der Waals surface area contributed by atoms with Gasteiger partial charge in [-0.3, -0.25) is 15.8 Å². The minimum atomic E-state index is 0.458. The smallest absolute Gasteiger partial charge is 0.127 e. The van der Waals surface area contributed by atoms with Crippen molar-refractivity contribution in [2.75, 3.05) is 33.9 Å². The Balaban J connectivity index is 1.48. The maximum Gasteiger partial charge on any atom is 0.127 e. The molecule has 0 aromatic heterocycles. The highest BCUT2D eigenvalue weighted by atomic mass is 16.5. The van der Waals surface area contributed by atoms with Crippen molar-refractivity contribution in [2.45, 2.75) is 38.3 Å². The fourth-order valence-electron chi connectivity index (χ4n) is 4.93. The summed E-state index contributed by atoms with van der Waals surface area (Å²) in [6.45, 7) is 6.21. The van der Waals surface area contributed by atoms with Gasteiger partial charge in [-0.1, -0.05) is 35.9 Å². The normalized spacial score (nSPS) is 25.1. The van der Waals surface area contributed by atoms with Gasteiger partial charge in [0.2, 0.25) is 0 Å². The summed E-state index contributed by atoms with van der Waals surface area (Å²) in [6.07, 6.45) is 2.49. The Kier molecular flexibility index (Phi) is 6.38. The van der Waals surface area contributed by atoms with Gasteiger partial charge in [-0.25, -0.2) is 0 Å². The van der Waals surface area contributed by atoms with Gasteiger partial charge < -0.3 is 9.47 Å². The molecule has 3 atom stereocenters. The number of nitrogens with one attached hydrogen (secondary N) is 2.